The zero-order valence-corrected chi connectivity index (χ0v) is 31.1. The van der Waals surface area contributed by atoms with Crippen LogP contribution in [0.2, 0.25) is 0 Å². The molecule has 3 aromatic heterocycles. The number of nitrogens with zero attached hydrogens (tertiary/aromatic N) is 2. The number of hydrogen-bond donors (Lipinski definition) is 0. The molecule has 0 N–H and O–H groups in total. The van der Waals surface area contributed by atoms with Gasteiger partial charge < -0.3 is 24.8 Å². The van der Waals surface area contributed by atoms with Gasteiger partial charge in [-0.25, -0.2) is 0 Å². The van der Waals surface area contributed by atoms with Gasteiger partial charge in [0, 0.05) is 0 Å². The minimum absolute atomic E-state index is 0. The molecule has 2 unspecified atom stereocenters. The van der Waals surface area contributed by atoms with Gasteiger partial charge in [-0.15, -0.1) is 0 Å². The number of pyridine rings is 1. The molecule has 3 heterocycles. The zero-order valence-electron chi connectivity index (χ0n) is 22.4. The van der Waals surface area contributed by atoms with Gasteiger partial charge in [0.15, 0.2) is 0 Å². The quantitative estimate of drug-likeness (QED) is 0.249. The molecule has 7 aromatic rings. The average molecular weight is 871 g/mol. The van der Waals surface area contributed by atoms with Crippen LogP contribution in [0, 0.1) is 0 Å². The van der Waals surface area contributed by atoms with Crippen LogP contribution in [0.4, 0.5) is 0 Å². The predicted molar refractivity (Wildman–Crippen MR) is 176 cm³/mol. The van der Waals surface area contributed by atoms with E-state index in [1.807, 2.05) is 12.3 Å². The molecule has 9 rings (SSSR count). The smallest absolute Gasteiger partial charge is 1.00 e. The predicted octanol–water partition coefficient (Wildman–Crippen LogP) is 4.82. The first kappa shape index (κ1) is 31.2. The Kier molecular flexibility index (Phi) is 9.10. The summed E-state index contributed by atoms with van der Waals surface area (Å²) in [6.45, 7) is 0. The van der Waals surface area contributed by atoms with Crippen molar-refractivity contribution in [1.29, 1.82) is 0 Å². The van der Waals surface area contributed by atoms with E-state index in [1.165, 1.54) is 58.6 Å². The van der Waals surface area contributed by atoms with Crippen LogP contribution in [0.1, 0.15) is 35.1 Å². The number of halogens is 5. The fraction of sp³-hybridized carbons (Fsp3) is 0.0571. The van der Waals surface area contributed by atoms with Gasteiger partial charge in [-0.1, -0.05) is 0 Å². The Hall–Kier alpha value is -1.79. The molecule has 2 aliphatic rings. The first-order chi connectivity index (χ1) is 20.1. The summed E-state index contributed by atoms with van der Waals surface area (Å²) in [4.78, 5) is 4.79. The van der Waals surface area contributed by atoms with Crippen LogP contribution in [0.5, 0.6) is 0 Å². The molecule has 0 saturated heterocycles. The van der Waals surface area contributed by atoms with Crippen LogP contribution in [0.15, 0.2) is 123 Å². The van der Waals surface area contributed by atoms with Gasteiger partial charge in [-0.2, -0.15) is 0 Å². The first-order valence-electron chi connectivity index (χ1n) is 13.4. The Morgan fingerprint density at radius 2 is 1.47 bits per heavy atom. The molecular weight excluding hydrogens is 850 g/mol. The Bertz CT molecular complexity index is 2070. The van der Waals surface area contributed by atoms with E-state index >= 15 is 0 Å². The van der Waals surface area contributed by atoms with Gasteiger partial charge in [0.05, 0.1) is 0 Å². The van der Waals surface area contributed by atoms with Crippen molar-refractivity contribution in [3.63, 3.8) is 0 Å². The van der Waals surface area contributed by atoms with Crippen LogP contribution in [-0.2, 0) is 23.2 Å². The van der Waals surface area contributed by atoms with Crippen molar-refractivity contribution < 1.29 is 48.0 Å². The van der Waals surface area contributed by atoms with E-state index in [1.54, 1.807) is 0 Å². The third-order valence-corrected chi connectivity index (χ3v) is 14.6. The van der Waals surface area contributed by atoms with E-state index in [0.29, 0.717) is 7.25 Å². The molecule has 0 fully saturated rings. The van der Waals surface area contributed by atoms with Crippen LogP contribution in [0.25, 0.3) is 39.3 Å². The fourth-order valence-corrected chi connectivity index (χ4v) is 14.2. The third kappa shape index (κ3) is 5.30. The van der Waals surface area contributed by atoms with Gasteiger partial charge in [0.1, 0.15) is 0 Å². The maximum absolute atomic E-state index is 4.79. The SMILES string of the molecule is Brc1ccnc(-n2c3ccc(cc3)c3cc4c(c(Br)ccc42)[CH]3[Zr+2][CH]2C(c3ccccc3)=Cc3cccc(Br)c32)c1.[Cl-].[Cl-]. The third-order valence-electron chi connectivity index (χ3n) is 8.18. The normalized spacial score (nSPS) is 15.9. The van der Waals surface area contributed by atoms with Gasteiger partial charge >= 0.3 is 278 Å². The van der Waals surface area contributed by atoms with Gasteiger partial charge in [0.25, 0.3) is 0 Å². The topological polar surface area (TPSA) is 17.8 Å². The zero-order chi connectivity index (χ0) is 27.7. The largest absolute Gasteiger partial charge is 1.00 e. The number of aromatic nitrogens is 2. The molecule has 2 aliphatic carbocycles. The monoisotopic (exact) mass is 866 g/mol. The summed E-state index contributed by atoms with van der Waals surface area (Å²) in [6.07, 6.45) is 4.30. The molecule has 210 valence electrons. The second-order valence-corrected chi connectivity index (χ2v) is 16.7. The summed E-state index contributed by atoms with van der Waals surface area (Å²) < 4.78 is 6.54. The van der Waals surface area contributed by atoms with Crippen molar-refractivity contribution in [2.45, 2.75) is 7.25 Å². The summed E-state index contributed by atoms with van der Waals surface area (Å²) in [7, 11) is 0. The van der Waals surface area contributed by atoms with Crippen LogP contribution < -0.4 is 24.8 Å². The molecule has 0 aliphatic heterocycles. The van der Waals surface area contributed by atoms with Crippen molar-refractivity contribution in [2.24, 2.45) is 0 Å². The molecule has 43 heavy (non-hydrogen) atoms. The van der Waals surface area contributed by atoms with Crippen LogP contribution in [-0.4, -0.2) is 9.55 Å². The molecule has 2 nitrogen and oxygen atoms in total. The molecule has 0 spiro atoms. The van der Waals surface area contributed by atoms with E-state index < -0.39 is 23.2 Å². The maximum atomic E-state index is 4.79. The summed E-state index contributed by atoms with van der Waals surface area (Å²) in [5, 5.41) is 2.62. The Morgan fingerprint density at radius 1 is 0.698 bits per heavy atom. The molecule has 0 radical (unpaired) electrons. The number of benzene rings is 4. The second kappa shape index (κ2) is 12.5. The average Bonchev–Trinajstić information content (AvgIpc) is 3.58. The van der Waals surface area contributed by atoms with Crippen molar-refractivity contribution in [3.05, 3.63) is 151 Å². The Labute approximate surface area is 299 Å². The molecule has 4 aromatic carbocycles. The summed E-state index contributed by atoms with van der Waals surface area (Å²) in [5.41, 5.74) is 10.8. The second-order valence-electron chi connectivity index (χ2n) is 10.4. The molecule has 8 heteroatoms. The minimum atomic E-state index is -1.19. The summed E-state index contributed by atoms with van der Waals surface area (Å²) in [6, 6.07) is 37.7. The van der Waals surface area contributed by atoms with Crippen molar-refractivity contribution in [1.82, 2.24) is 9.55 Å². The summed E-state index contributed by atoms with van der Waals surface area (Å²) >= 11 is 10.5. The van der Waals surface area contributed by atoms with Gasteiger partial charge in [-0.3, -0.25) is 0 Å². The van der Waals surface area contributed by atoms with Crippen molar-refractivity contribution >= 4 is 81.2 Å². The van der Waals surface area contributed by atoms with Crippen molar-refractivity contribution in [3.8, 4) is 5.82 Å². The fourth-order valence-electron chi connectivity index (χ4n) is 6.38. The van der Waals surface area contributed by atoms with Crippen LogP contribution >= 0.6 is 47.8 Å². The molecule has 0 saturated carbocycles. The Balaban J connectivity index is 0.00000165. The molecular formula is C35H21Br3Cl2N2Zr. The van der Waals surface area contributed by atoms with Crippen molar-refractivity contribution in [2.75, 3.05) is 0 Å². The Morgan fingerprint density at radius 3 is 2.23 bits per heavy atom. The molecule has 2 atom stereocenters. The van der Waals surface area contributed by atoms with Gasteiger partial charge in [0.2, 0.25) is 0 Å². The number of hydrogen-bond acceptors (Lipinski definition) is 1. The van der Waals surface area contributed by atoms with E-state index in [0.717, 1.165) is 15.8 Å². The summed E-state index contributed by atoms with van der Waals surface area (Å²) in [5.74, 6) is 0.903. The van der Waals surface area contributed by atoms with Gasteiger partial charge in [-0.05, 0) is 0 Å². The standard InChI is InChI=1S/C20H11Br2N2.C15H10Br.2ClH.Zr/c21-14-7-8-23-20(11-14)24-15-3-1-12(2-4-15)13-9-16-17(10-13)19(24)6-5-18(16)22;16-15-8-4-7-12-9-13(10-14(12)15)11-5-2-1-3-6-11;;;/h1-11H;1-10H;2*1H;/q;;;;+2/p-2. The maximum Gasteiger partial charge on any atom is -1.00 e. The molecule has 4 bridgehead atoms. The molecule has 0 amide bonds. The minimum Gasteiger partial charge on any atom is -1.00 e. The van der Waals surface area contributed by atoms with Crippen LogP contribution in [0.3, 0.4) is 0 Å². The van der Waals surface area contributed by atoms with E-state index in [-0.39, 0.29) is 24.8 Å². The van der Waals surface area contributed by atoms with E-state index in [9.17, 15) is 0 Å². The van der Waals surface area contributed by atoms with E-state index in [4.69, 9.17) is 4.98 Å². The number of allylic oxidation sites excluding steroid dienone is 1. The van der Waals surface area contributed by atoms with E-state index in [2.05, 4.69) is 155 Å². The number of rotatable bonds is 4. The number of fused-ring (bicyclic) bond motifs is 3. The first-order valence-corrected chi connectivity index (χ1v) is 18.7.